The van der Waals surface area contributed by atoms with Gasteiger partial charge in [0.2, 0.25) is 0 Å². The first-order valence-electron chi connectivity index (χ1n) is 5.58. The number of benzene rings is 1. The monoisotopic (exact) mass is 316 g/mol. The summed E-state index contributed by atoms with van der Waals surface area (Å²) in [5.74, 6) is 0.596. The lowest BCUT2D eigenvalue weighted by Gasteiger charge is -2.14. The van der Waals surface area contributed by atoms with E-state index in [1.54, 1.807) is 13.2 Å². The number of amides is 2. The van der Waals surface area contributed by atoms with Gasteiger partial charge in [-0.15, -0.1) is 0 Å². The molecule has 0 heterocycles. The molecule has 0 spiro atoms. The van der Waals surface area contributed by atoms with Gasteiger partial charge < -0.3 is 20.5 Å². The number of carbonyl (C=O) groups excluding carboxylic acids is 1. The summed E-state index contributed by atoms with van der Waals surface area (Å²) in [5, 5.41) is 14.0. The second-order valence-electron chi connectivity index (χ2n) is 3.76. The summed E-state index contributed by atoms with van der Waals surface area (Å²) in [4.78, 5) is 11.6. The highest BCUT2D eigenvalue weighted by Gasteiger charge is 2.11. The van der Waals surface area contributed by atoms with Crippen molar-refractivity contribution in [3.63, 3.8) is 0 Å². The Bertz CT molecular complexity index is 424. The molecule has 1 aromatic carbocycles. The third kappa shape index (κ3) is 4.19. The second-order valence-corrected chi connectivity index (χ2v) is 4.67. The van der Waals surface area contributed by atoms with E-state index in [1.807, 2.05) is 13.0 Å². The molecule has 0 aliphatic rings. The highest BCUT2D eigenvalue weighted by Crippen LogP contribution is 2.31. The zero-order chi connectivity index (χ0) is 13.5. The molecule has 0 atom stereocenters. The average molecular weight is 317 g/mol. The van der Waals surface area contributed by atoms with Crippen molar-refractivity contribution in [1.29, 1.82) is 0 Å². The van der Waals surface area contributed by atoms with Crippen molar-refractivity contribution in [3.05, 3.63) is 22.2 Å². The maximum absolute atomic E-state index is 11.6. The molecule has 0 saturated heterocycles. The number of aliphatic hydroxyl groups excluding tert-OH is 1. The van der Waals surface area contributed by atoms with E-state index in [2.05, 4.69) is 26.6 Å². The maximum Gasteiger partial charge on any atom is 0.319 e. The van der Waals surface area contributed by atoms with Crippen LogP contribution in [0, 0.1) is 6.92 Å². The molecule has 0 radical (unpaired) electrons. The summed E-state index contributed by atoms with van der Waals surface area (Å²) in [5.41, 5.74) is 1.54. The van der Waals surface area contributed by atoms with Crippen molar-refractivity contribution in [2.75, 3.05) is 25.6 Å². The molecule has 2 amide bonds. The Morgan fingerprint density at radius 3 is 2.83 bits per heavy atom. The lowest BCUT2D eigenvalue weighted by atomic mass is 10.2. The van der Waals surface area contributed by atoms with Crippen molar-refractivity contribution in [2.45, 2.75) is 13.3 Å². The molecule has 0 aromatic heterocycles. The summed E-state index contributed by atoms with van der Waals surface area (Å²) in [6.45, 7) is 2.37. The SMILES string of the molecule is COc1cc(Br)cc(C)c1NC(=O)NCCCO. The predicted octanol–water partition coefficient (Wildman–Crippen LogP) is 2.27. The number of rotatable bonds is 5. The Kier molecular flexibility index (Phi) is 5.94. The normalized spacial score (nSPS) is 10.0. The Morgan fingerprint density at radius 2 is 2.22 bits per heavy atom. The molecule has 5 nitrogen and oxygen atoms in total. The van der Waals surface area contributed by atoms with Crippen LogP contribution < -0.4 is 15.4 Å². The third-order valence-corrected chi connectivity index (χ3v) is 2.80. The number of halogens is 1. The van der Waals surface area contributed by atoms with E-state index in [0.717, 1.165) is 10.0 Å². The number of carbonyl (C=O) groups is 1. The lowest BCUT2D eigenvalue weighted by Crippen LogP contribution is -2.30. The van der Waals surface area contributed by atoms with Gasteiger partial charge in [-0.25, -0.2) is 4.79 Å². The largest absolute Gasteiger partial charge is 0.495 e. The highest BCUT2D eigenvalue weighted by molar-refractivity contribution is 9.10. The molecule has 100 valence electrons. The zero-order valence-corrected chi connectivity index (χ0v) is 12.0. The van der Waals surface area contributed by atoms with Crippen LogP contribution >= 0.6 is 15.9 Å². The summed E-state index contributed by atoms with van der Waals surface area (Å²) < 4.78 is 6.11. The summed E-state index contributed by atoms with van der Waals surface area (Å²) in [6, 6.07) is 3.37. The minimum absolute atomic E-state index is 0.0565. The van der Waals surface area contributed by atoms with Gasteiger partial charge in [0.1, 0.15) is 5.75 Å². The summed E-state index contributed by atoms with van der Waals surface area (Å²) in [7, 11) is 1.55. The van der Waals surface area contributed by atoms with Crippen LogP contribution in [0.25, 0.3) is 0 Å². The first-order chi connectivity index (χ1) is 8.58. The van der Waals surface area contributed by atoms with E-state index >= 15 is 0 Å². The minimum Gasteiger partial charge on any atom is -0.495 e. The standard InChI is InChI=1S/C12H17BrN2O3/c1-8-6-9(13)7-10(18-2)11(8)15-12(17)14-4-3-5-16/h6-7,16H,3-5H2,1-2H3,(H2,14,15,17). The first kappa shape index (κ1) is 14.8. The molecular weight excluding hydrogens is 300 g/mol. The molecular formula is C12H17BrN2O3. The molecule has 3 N–H and O–H groups in total. The van der Waals surface area contributed by atoms with E-state index in [0.29, 0.717) is 24.4 Å². The van der Waals surface area contributed by atoms with Crippen LogP contribution in [0.4, 0.5) is 10.5 Å². The second kappa shape index (κ2) is 7.23. The molecule has 18 heavy (non-hydrogen) atoms. The van der Waals surface area contributed by atoms with Crippen LogP contribution in [0.1, 0.15) is 12.0 Å². The van der Waals surface area contributed by atoms with Crippen molar-refractivity contribution in [3.8, 4) is 5.75 Å². The van der Waals surface area contributed by atoms with E-state index in [9.17, 15) is 4.79 Å². The number of anilines is 1. The van der Waals surface area contributed by atoms with Crippen molar-refractivity contribution in [1.82, 2.24) is 5.32 Å². The molecule has 6 heteroatoms. The number of ether oxygens (including phenoxy) is 1. The fourth-order valence-corrected chi connectivity index (χ4v) is 2.02. The molecule has 0 bridgehead atoms. The first-order valence-corrected chi connectivity index (χ1v) is 6.37. The van der Waals surface area contributed by atoms with Crippen LogP contribution in [0.5, 0.6) is 5.75 Å². The molecule has 0 saturated carbocycles. The Hall–Kier alpha value is -1.27. The van der Waals surface area contributed by atoms with Gasteiger partial charge in [0.25, 0.3) is 0 Å². The number of urea groups is 1. The zero-order valence-electron chi connectivity index (χ0n) is 10.4. The number of hydrogen-bond donors (Lipinski definition) is 3. The summed E-state index contributed by atoms with van der Waals surface area (Å²) in [6.07, 6.45) is 0.532. The van der Waals surface area contributed by atoms with Crippen LogP contribution in [-0.2, 0) is 0 Å². The maximum atomic E-state index is 11.6. The molecule has 1 aromatic rings. The number of aliphatic hydroxyl groups is 1. The van der Waals surface area contributed by atoms with E-state index in [1.165, 1.54) is 0 Å². The van der Waals surface area contributed by atoms with E-state index < -0.39 is 0 Å². The fraction of sp³-hybridized carbons (Fsp3) is 0.417. The van der Waals surface area contributed by atoms with Gasteiger partial charge >= 0.3 is 6.03 Å². The van der Waals surface area contributed by atoms with Crippen LogP contribution in [-0.4, -0.2) is 31.4 Å². The fourth-order valence-electron chi connectivity index (χ4n) is 1.47. The van der Waals surface area contributed by atoms with Gasteiger partial charge in [0, 0.05) is 17.6 Å². The minimum atomic E-state index is -0.313. The molecule has 1 rings (SSSR count). The van der Waals surface area contributed by atoms with Gasteiger partial charge in [-0.2, -0.15) is 0 Å². The number of aryl methyl sites for hydroxylation is 1. The van der Waals surface area contributed by atoms with Crippen LogP contribution in [0.2, 0.25) is 0 Å². The van der Waals surface area contributed by atoms with Crippen molar-refractivity contribution < 1.29 is 14.6 Å². The van der Waals surface area contributed by atoms with Gasteiger partial charge in [-0.05, 0) is 31.0 Å². The van der Waals surface area contributed by atoms with Gasteiger partial charge in [-0.3, -0.25) is 0 Å². The average Bonchev–Trinajstić information content (AvgIpc) is 2.32. The molecule has 0 aliphatic heterocycles. The molecule has 0 unspecified atom stereocenters. The van der Waals surface area contributed by atoms with Crippen molar-refractivity contribution in [2.24, 2.45) is 0 Å². The van der Waals surface area contributed by atoms with Gasteiger partial charge in [-0.1, -0.05) is 15.9 Å². The Balaban J connectivity index is 2.74. The third-order valence-electron chi connectivity index (χ3n) is 2.34. The van der Waals surface area contributed by atoms with Crippen LogP contribution in [0.3, 0.4) is 0 Å². The van der Waals surface area contributed by atoms with E-state index in [-0.39, 0.29) is 12.6 Å². The van der Waals surface area contributed by atoms with Gasteiger partial charge in [0.15, 0.2) is 0 Å². The quantitative estimate of drug-likeness (QED) is 0.730. The lowest BCUT2D eigenvalue weighted by molar-refractivity contribution is 0.248. The van der Waals surface area contributed by atoms with E-state index in [4.69, 9.17) is 9.84 Å². The number of nitrogens with one attached hydrogen (secondary N) is 2. The number of methoxy groups -OCH3 is 1. The predicted molar refractivity (Wildman–Crippen MR) is 74.2 cm³/mol. The highest BCUT2D eigenvalue weighted by atomic mass is 79.9. The number of hydrogen-bond acceptors (Lipinski definition) is 3. The smallest absolute Gasteiger partial charge is 0.319 e. The van der Waals surface area contributed by atoms with Crippen molar-refractivity contribution >= 4 is 27.6 Å². The van der Waals surface area contributed by atoms with Crippen LogP contribution in [0.15, 0.2) is 16.6 Å². The van der Waals surface area contributed by atoms with Gasteiger partial charge in [0.05, 0.1) is 12.8 Å². The summed E-state index contributed by atoms with van der Waals surface area (Å²) >= 11 is 3.37. The molecule has 0 fully saturated rings. The molecule has 0 aliphatic carbocycles. The topological polar surface area (TPSA) is 70.6 Å². The Labute approximate surface area is 115 Å². The Morgan fingerprint density at radius 1 is 1.50 bits per heavy atom.